The summed E-state index contributed by atoms with van der Waals surface area (Å²) in [6.07, 6.45) is -0.111. The van der Waals surface area contributed by atoms with Gasteiger partial charge in [-0.15, -0.1) is 0 Å². The number of fused-ring (bicyclic) bond motifs is 1. The van der Waals surface area contributed by atoms with Crippen molar-refractivity contribution in [3.63, 3.8) is 0 Å². The van der Waals surface area contributed by atoms with E-state index in [1.54, 1.807) is 6.92 Å². The van der Waals surface area contributed by atoms with E-state index in [0.29, 0.717) is 5.57 Å². The van der Waals surface area contributed by atoms with Crippen LogP contribution in [0.15, 0.2) is 12.2 Å². The van der Waals surface area contributed by atoms with E-state index in [1.807, 2.05) is 0 Å². The molecule has 6 atom stereocenters. The molecule has 0 spiro atoms. The number of nitrogens with zero attached hydrogens (tertiary/aromatic N) is 1. The molecule has 94 valence electrons. The topological polar surface area (TPSA) is 76.4 Å². The minimum absolute atomic E-state index is 0.0371. The standard InChI is InChI=1S/C13H13NO4/c1-5(2)12(15)17-10-6-3-7-9(8(6)4-14)13(16)18-11(7)10/h6-11H,1,3H2,2H3. The molecule has 0 aromatic rings. The van der Waals surface area contributed by atoms with Gasteiger partial charge in [-0.25, -0.2) is 4.79 Å². The zero-order chi connectivity index (χ0) is 13.0. The van der Waals surface area contributed by atoms with Crippen LogP contribution in [0.4, 0.5) is 0 Å². The maximum atomic E-state index is 11.7. The highest BCUT2D eigenvalue weighted by atomic mass is 16.6. The number of ether oxygens (including phenoxy) is 2. The van der Waals surface area contributed by atoms with Gasteiger partial charge in [-0.3, -0.25) is 4.79 Å². The van der Waals surface area contributed by atoms with Gasteiger partial charge in [0.25, 0.3) is 0 Å². The summed E-state index contributed by atoms with van der Waals surface area (Å²) in [4.78, 5) is 23.3. The molecule has 6 unspecified atom stereocenters. The van der Waals surface area contributed by atoms with Crippen LogP contribution in [0.1, 0.15) is 13.3 Å². The summed E-state index contributed by atoms with van der Waals surface area (Å²) in [7, 11) is 0. The summed E-state index contributed by atoms with van der Waals surface area (Å²) in [6, 6.07) is 2.17. The molecule has 3 aliphatic rings. The lowest BCUT2D eigenvalue weighted by Crippen LogP contribution is -2.40. The Labute approximate surface area is 104 Å². The van der Waals surface area contributed by atoms with Crippen molar-refractivity contribution in [3.8, 4) is 6.07 Å². The van der Waals surface area contributed by atoms with Crippen molar-refractivity contribution >= 4 is 11.9 Å². The Morgan fingerprint density at radius 3 is 2.89 bits per heavy atom. The summed E-state index contributed by atoms with van der Waals surface area (Å²) >= 11 is 0. The van der Waals surface area contributed by atoms with Crippen LogP contribution in [0.3, 0.4) is 0 Å². The second kappa shape index (κ2) is 3.58. The van der Waals surface area contributed by atoms with Crippen molar-refractivity contribution in [1.82, 2.24) is 0 Å². The van der Waals surface area contributed by atoms with Crippen LogP contribution in [0.5, 0.6) is 0 Å². The average Bonchev–Trinajstić information content (AvgIpc) is 2.91. The molecule has 1 heterocycles. The summed E-state index contributed by atoms with van der Waals surface area (Å²) in [5, 5.41) is 9.17. The van der Waals surface area contributed by atoms with Gasteiger partial charge < -0.3 is 9.47 Å². The third kappa shape index (κ3) is 1.26. The molecule has 0 aromatic carbocycles. The van der Waals surface area contributed by atoms with Crippen LogP contribution < -0.4 is 0 Å². The normalized spacial score (nSPS) is 43.4. The lowest BCUT2D eigenvalue weighted by molar-refractivity contribution is -0.158. The Bertz CT molecular complexity index is 492. The Kier molecular flexibility index (Phi) is 2.24. The fraction of sp³-hybridized carbons (Fsp3) is 0.615. The molecule has 3 rings (SSSR count). The smallest absolute Gasteiger partial charge is 0.333 e. The van der Waals surface area contributed by atoms with Gasteiger partial charge in [0.1, 0.15) is 12.2 Å². The van der Waals surface area contributed by atoms with Crippen molar-refractivity contribution in [2.24, 2.45) is 23.7 Å². The molecule has 18 heavy (non-hydrogen) atoms. The van der Waals surface area contributed by atoms with Crippen molar-refractivity contribution in [2.75, 3.05) is 0 Å². The van der Waals surface area contributed by atoms with Crippen molar-refractivity contribution < 1.29 is 19.1 Å². The largest absolute Gasteiger partial charge is 0.458 e. The van der Waals surface area contributed by atoms with Crippen LogP contribution in [-0.2, 0) is 19.1 Å². The third-order valence-corrected chi connectivity index (χ3v) is 4.29. The predicted octanol–water partition coefficient (Wildman–Crippen LogP) is 0.805. The van der Waals surface area contributed by atoms with Crippen molar-refractivity contribution in [2.45, 2.75) is 25.6 Å². The summed E-state index contributed by atoms with van der Waals surface area (Å²) < 4.78 is 10.6. The Hall–Kier alpha value is -1.83. The minimum atomic E-state index is -0.483. The molecule has 0 N–H and O–H groups in total. The lowest BCUT2D eigenvalue weighted by Gasteiger charge is -2.27. The van der Waals surface area contributed by atoms with Gasteiger partial charge in [0.05, 0.1) is 17.9 Å². The highest BCUT2D eigenvalue weighted by molar-refractivity contribution is 5.87. The molecule has 3 fully saturated rings. The first-order chi connectivity index (χ1) is 8.54. The number of hydrogen-bond acceptors (Lipinski definition) is 5. The maximum absolute atomic E-state index is 11.7. The van der Waals surface area contributed by atoms with Gasteiger partial charge in [-0.1, -0.05) is 6.58 Å². The third-order valence-electron chi connectivity index (χ3n) is 4.29. The number of carbonyl (C=O) groups is 2. The molecular weight excluding hydrogens is 234 g/mol. The summed E-state index contributed by atoms with van der Waals surface area (Å²) in [5.74, 6) is -1.54. The maximum Gasteiger partial charge on any atom is 0.333 e. The van der Waals surface area contributed by atoms with Gasteiger partial charge in [0.15, 0.2) is 0 Å². The quantitative estimate of drug-likeness (QED) is 0.533. The number of hydrogen-bond donors (Lipinski definition) is 0. The van der Waals surface area contributed by atoms with Gasteiger partial charge >= 0.3 is 11.9 Å². The molecule has 1 aliphatic heterocycles. The molecule has 5 heteroatoms. The molecule has 2 aliphatic carbocycles. The molecule has 0 radical (unpaired) electrons. The Morgan fingerprint density at radius 2 is 2.28 bits per heavy atom. The Morgan fingerprint density at radius 1 is 1.56 bits per heavy atom. The van der Waals surface area contributed by atoms with Crippen molar-refractivity contribution in [1.29, 1.82) is 5.26 Å². The van der Waals surface area contributed by atoms with E-state index in [-0.39, 0.29) is 35.7 Å². The van der Waals surface area contributed by atoms with E-state index in [4.69, 9.17) is 9.47 Å². The minimum Gasteiger partial charge on any atom is -0.458 e. The van der Waals surface area contributed by atoms with Crippen LogP contribution >= 0.6 is 0 Å². The SMILES string of the molecule is C=C(C)C(=O)OC1C2CC3C1OC(=O)C3C2C#N. The van der Waals surface area contributed by atoms with Crippen molar-refractivity contribution in [3.05, 3.63) is 12.2 Å². The fourth-order valence-corrected chi connectivity index (χ4v) is 3.55. The zero-order valence-corrected chi connectivity index (χ0v) is 9.96. The average molecular weight is 247 g/mol. The summed E-state index contributed by atoms with van der Waals surface area (Å²) in [5.41, 5.74) is 0.312. The van der Waals surface area contributed by atoms with E-state index >= 15 is 0 Å². The lowest BCUT2D eigenvalue weighted by atomic mass is 9.79. The molecule has 0 amide bonds. The number of rotatable bonds is 2. The second-order valence-electron chi connectivity index (χ2n) is 5.30. The van der Waals surface area contributed by atoms with Gasteiger partial charge in [-0.2, -0.15) is 5.26 Å². The molecule has 5 nitrogen and oxygen atoms in total. The van der Waals surface area contributed by atoms with Gasteiger partial charge in [0, 0.05) is 17.4 Å². The zero-order valence-electron chi connectivity index (χ0n) is 9.96. The van der Waals surface area contributed by atoms with E-state index in [2.05, 4.69) is 12.6 Å². The summed E-state index contributed by atoms with van der Waals surface area (Å²) in [6.45, 7) is 5.10. The highest BCUT2D eigenvalue weighted by Gasteiger charge is 2.68. The van der Waals surface area contributed by atoms with E-state index in [0.717, 1.165) is 6.42 Å². The molecule has 0 aromatic heterocycles. The van der Waals surface area contributed by atoms with E-state index < -0.39 is 12.1 Å². The van der Waals surface area contributed by atoms with E-state index in [1.165, 1.54) is 0 Å². The molecular formula is C13H13NO4. The monoisotopic (exact) mass is 247 g/mol. The second-order valence-corrected chi connectivity index (χ2v) is 5.30. The number of carbonyl (C=O) groups excluding carboxylic acids is 2. The molecule has 2 saturated carbocycles. The van der Waals surface area contributed by atoms with Crippen LogP contribution in [0, 0.1) is 35.0 Å². The number of esters is 2. The van der Waals surface area contributed by atoms with Crippen LogP contribution in [-0.4, -0.2) is 24.1 Å². The van der Waals surface area contributed by atoms with Crippen LogP contribution in [0.2, 0.25) is 0 Å². The first-order valence-electron chi connectivity index (χ1n) is 6.01. The van der Waals surface area contributed by atoms with Crippen LogP contribution in [0.25, 0.3) is 0 Å². The highest BCUT2D eigenvalue weighted by Crippen LogP contribution is 2.58. The first kappa shape index (κ1) is 11.3. The molecule has 2 bridgehead atoms. The predicted molar refractivity (Wildman–Crippen MR) is 58.8 cm³/mol. The first-order valence-corrected chi connectivity index (χ1v) is 6.01. The van der Waals surface area contributed by atoms with Gasteiger partial charge in [-0.05, 0) is 13.3 Å². The fourth-order valence-electron chi connectivity index (χ4n) is 3.55. The van der Waals surface area contributed by atoms with E-state index in [9.17, 15) is 14.9 Å². The number of nitriles is 1. The van der Waals surface area contributed by atoms with Gasteiger partial charge in [0.2, 0.25) is 0 Å². The Balaban J connectivity index is 1.87. The molecule has 1 saturated heterocycles.